The molecule has 0 saturated heterocycles. The molecule has 8 N–H and O–H groups in total. The molecule has 0 bridgehead atoms. The van der Waals surface area contributed by atoms with Crippen LogP contribution in [0.15, 0.2) is 0 Å². The number of rotatable bonds is 51. The Morgan fingerprint density at radius 1 is 0.483 bits per heavy atom. The summed E-state index contributed by atoms with van der Waals surface area (Å²) in [5.41, 5.74) is 16.3. The Labute approximate surface area is 373 Å². The van der Waals surface area contributed by atoms with Gasteiger partial charge in [-0.15, -0.1) is 0 Å². The van der Waals surface area contributed by atoms with Gasteiger partial charge in [-0.25, -0.2) is 4.79 Å². The van der Waals surface area contributed by atoms with Crippen molar-refractivity contribution < 1.29 is 19.1 Å². The first-order valence-electron chi connectivity index (χ1n) is 26.4. The van der Waals surface area contributed by atoms with Crippen LogP contribution in [0.4, 0.5) is 0 Å². The Morgan fingerprint density at radius 3 is 1.20 bits per heavy atom. The van der Waals surface area contributed by atoms with Crippen molar-refractivity contribution in [1.29, 1.82) is 0 Å². The van der Waals surface area contributed by atoms with Crippen molar-refractivity contribution in [3.05, 3.63) is 0 Å². The van der Waals surface area contributed by atoms with Crippen molar-refractivity contribution in [1.82, 2.24) is 10.6 Å². The maximum Gasteiger partial charge on any atom is 0.332 e. The molecule has 1 atom stereocenters. The second-order valence-electron chi connectivity index (χ2n) is 18.3. The number of nitrogens with two attached hydrogens (primary N) is 3. The molecule has 0 aliphatic rings. The maximum absolute atomic E-state index is 13.2. The van der Waals surface area contributed by atoms with Crippen LogP contribution in [0.5, 0.6) is 0 Å². The lowest BCUT2D eigenvalue weighted by Gasteiger charge is -2.31. The molecule has 1 unspecified atom stereocenters. The van der Waals surface area contributed by atoms with Gasteiger partial charge in [0.25, 0.3) is 0 Å². The lowest BCUT2D eigenvalue weighted by Crippen LogP contribution is -2.47. The molecule has 0 saturated carbocycles. The minimum absolute atomic E-state index is 0.0351. The van der Waals surface area contributed by atoms with E-state index in [4.69, 9.17) is 26.7 Å². The number of ether oxygens (including phenoxy) is 2. The smallest absolute Gasteiger partial charge is 0.332 e. The molecule has 0 aromatic rings. The van der Waals surface area contributed by atoms with E-state index in [1.807, 2.05) is 0 Å². The van der Waals surface area contributed by atoms with Crippen molar-refractivity contribution in [3.63, 3.8) is 0 Å². The maximum atomic E-state index is 13.2. The van der Waals surface area contributed by atoms with E-state index in [0.717, 1.165) is 83.8 Å². The number of hydrogen-bond donors (Lipinski definition) is 5. The van der Waals surface area contributed by atoms with Crippen LogP contribution in [0.25, 0.3) is 0 Å². The van der Waals surface area contributed by atoms with Crippen molar-refractivity contribution in [2.24, 2.45) is 17.2 Å². The van der Waals surface area contributed by atoms with E-state index < -0.39 is 17.5 Å². The summed E-state index contributed by atoms with van der Waals surface area (Å²) in [4.78, 5) is 26.2. The molecule has 0 radical (unpaired) electrons. The predicted molar refractivity (Wildman–Crippen MR) is 258 cm³/mol. The molecular weight excluding hydrogens is 747 g/mol. The number of nitrogens with one attached hydrogen (secondary N) is 2. The van der Waals surface area contributed by atoms with Crippen LogP contribution in [0.1, 0.15) is 258 Å². The summed E-state index contributed by atoms with van der Waals surface area (Å²) in [7, 11) is 0. The average Bonchev–Trinajstić information content (AvgIpc) is 3.24. The van der Waals surface area contributed by atoms with Gasteiger partial charge in [0, 0.05) is 6.04 Å². The summed E-state index contributed by atoms with van der Waals surface area (Å²) < 4.78 is 12.0. The van der Waals surface area contributed by atoms with Crippen LogP contribution in [-0.2, 0) is 19.1 Å². The fraction of sp³-hybridized carbons (Fsp3) is 0.961. The van der Waals surface area contributed by atoms with Gasteiger partial charge in [-0.05, 0) is 71.2 Å². The normalized spacial score (nSPS) is 12.3. The molecule has 0 spiro atoms. The van der Waals surface area contributed by atoms with Crippen LogP contribution in [0.3, 0.4) is 0 Å². The van der Waals surface area contributed by atoms with Crippen molar-refractivity contribution in [3.8, 4) is 0 Å². The number of esters is 1. The van der Waals surface area contributed by atoms with E-state index in [9.17, 15) is 9.59 Å². The Hall–Kier alpha value is -1.26. The topological polar surface area (TPSA) is 155 Å². The van der Waals surface area contributed by atoms with Gasteiger partial charge in [0.2, 0.25) is 5.91 Å². The Balaban J connectivity index is 4.78. The number of carbonyl (C=O) groups is 2. The van der Waals surface area contributed by atoms with Gasteiger partial charge < -0.3 is 37.3 Å². The molecule has 9 nitrogen and oxygen atoms in total. The van der Waals surface area contributed by atoms with Gasteiger partial charge in [-0.3, -0.25) is 4.79 Å². The first-order chi connectivity index (χ1) is 29.5. The fourth-order valence-electron chi connectivity index (χ4n) is 8.41. The van der Waals surface area contributed by atoms with Crippen molar-refractivity contribution in [2.45, 2.75) is 269 Å². The summed E-state index contributed by atoms with van der Waals surface area (Å²) in [5.74, 6) is -0.882. The number of primary amides is 1. The summed E-state index contributed by atoms with van der Waals surface area (Å²) in [6.45, 7) is 8.45. The van der Waals surface area contributed by atoms with Crippen LogP contribution >= 0.6 is 0 Å². The minimum Gasteiger partial charge on any atom is -0.462 e. The average molecular weight is 852 g/mol. The monoisotopic (exact) mass is 852 g/mol. The molecule has 0 rings (SSSR count). The van der Waals surface area contributed by atoms with Crippen LogP contribution in [-0.4, -0.2) is 69.5 Å². The quantitative estimate of drug-likeness (QED) is 0.0299. The first kappa shape index (κ1) is 58.7. The van der Waals surface area contributed by atoms with Gasteiger partial charge in [0.1, 0.15) is 18.8 Å². The summed E-state index contributed by atoms with van der Waals surface area (Å²) >= 11 is 0. The third-order valence-corrected chi connectivity index (χ3v) is 12.5. The molecule has 60 heavy (non-hydrogen) atoms. The Morgan fingerprint density at radius 2 is 0.833 bits per heavy atom. The second-order valence-corrected chi connectivity index (χ2v) is 18.3. The highest BCUT2D eigenvalue weighted by Gasteiger charge is 2.37. The standard InChI is InChI=1S/C51H105N5O4/c1-3-5-7-9-11-13-15-17-19-21-23-25-27-29-31-33-39-51(50(54)58,40-34-32-30-28-26-24-22-20-18-16-14-12-10-8-6-4-2)60-47-49(57)59-46-48(56-45-37-42-53)38-35-43-55-44-36-41-52/h48,55-56H,3-47,52-53H2,1-2H3,(H2,54,58). The zero-order valence-corrected chi connectivity index (χ0v) is 40.3. The Kier molecular flexibility index (Phi) is 46.2. The van der Waals surface area contributed by atoms with Gasteiger partial charge in [-0.2, -0.15) is 0 Å². The third kappa shape index (κ3) is 39.6. The second kappa shape index (κ2) is 47.2. The van der Waals surface area contributed by atoms with Crippen LogP contribution in [0, 0.1) is 0 Å². The summed E-state index contributed by atoms with van der Waals surface area (Å²) in [5, 5.41) is 6.91. The molecule has 0 aliphatic heterocycles. The largest absolute Gasteiger partial charge is 0.462 e. The van der Waals surface area contributed by atoms with E-state index >= 15 is 0 Å². The molecule has 0 fully saturated rings. The Bertz CT molecular complexity index is 858. The SMILES string of the molecule is CCCCCCCCCCCCCCCCCCC(CCCCCCCCCCCCCCCCCC)(OCC(=O)OCC(CCCNCCCN)NCCCN)C(N)=O. The number of amides is 1. The van der Waals surface area contributed by atoms with Crippen LogP contribution in [0.2, 0.25) is 0 Å². The molecule has 1 amide bonds. The van der Waals surface area contributed by atoms with Gasteiger partial charge >= 0.3 is 5.97 Å². The third-order valence-electron chi connectivity index (χ3n) is 12.5. The zero-order valence-electron chi connectivity index (χ0n) is 40.3. The summed E-state index contributed by atoms with van der Waals surface area (Å²) in [6.07, 6.45) is 46.3. The van der Waals surface area contributed by atoms with Crippen molar-refractivity contribution >= 4 is 11.9 Å². The molecule has 358 valence electrons. The number of unbranched alkanes of at least 4 members (excludes halogenated alkanes) is 30. The van der Waals surface area contributed by atoms with Gasteiger partial charge in [0.05, 0.1) is 0 Å². The summed E-state index contributed by atoms with van der Waals surface area (Å²) in [6, 6.07) is 0.0351. The highest BCUT2D eigenvalue weighted by Crippen LogP contribution is 2.28. The first-order valence-corrected chi connectivity index (χ1v) is 26.4. The van der Waals surface area contributed by atoms with Gasteiger partial charge in [-0.1, -0.05) is 219 Å². The van der Waals surface area contributed by atoms with E-state index in [2.05, 4.69) is 24.5 Å². The molecule has 0 aromatic heterocycles. The fourth-order valence-corrected chi connectivity index (χ4v) is 8.41. The molecule has 0 aromatic carbocycles. The van der Waals surface area contributed by atoms with E-state index in [1.54, 1.807) is 0 Å². The highest BCUT2D eigenvalue weighted by molar-refractivity contribution is 5.84. The predicted octanol–water partition coefficient (Wildman–Crippen LogP) is 12.1. The molecular formula is C51H105N5O4. The van der Waals surface area contributed by atoms with Gasteiger partial charge in [0.15, 0.2) is 0 Å². The van der Waals surface area contributed by atoms with E-state index in [0.29, 0.717) is 25.9 Å². The molecule has 0 heterocycles. The van der Waals surface area contributed by atoms with Crippen LogP contribution < -0.4 is 27.8 Å². The zero-order chi connectivity index (χ0) is 43.9. The molecule has 9 heteroatoms. The highest BCUT2D eigenvalue weighted by atomic mass is 16.6. The number of carbonyl (C=O) groups excluding carboxylic acids is 2. The minimum atomic E-state index is -1.13. The lowest BCUT2D eigenvalue weighted by molar-refractivity contribution is -0.164. The lowest BCUT2D eigenvalue weighted by atomic mass is 9.88. The van der Waals surface area contributed by atoms with Crippen molar-refractivity contribution in [2.75, 3.05) is 45.9 Å². The molecule has 0 aliphatic carbocycles. The van der Waals surface area contributed by atoms with E-state index in [1.165, 1.54) is 167 Å². The number of hydrogen-bond acceptors (Lipinski definition) is 8. The van der Waals surface area contributed by atoms with E-state index in [-0.39, 0.29) is 19.3 Å².